The van der Waals surface area contributed by atoms with E-state index in [-0.39, 0.29) is 6.04 Å². The second-order valence-corrected chi connectivity index (χ2v) is 6.98. The molecule has 0 spiro atoms. The minimum atomic E-state index is 0.00712. The maximum Gasteiger partial charge on any atom is 0.118 e. The summed E-state index contributed by atoms with van der Waals surface area (Å²) >= 11 is 6.31. The van der Waals surface area contributed by atoms with Crippen LogP contribution in [-0.2, 0) is 0 Å². The Labute approximate surface area is 169 Å². The van der Waals surface area contributed by atoms with Gasteiger partial charge in [0, 0.05) is 11.4 Å². The van der Waals surface area contributed by atoms with Gasteiger partial charge in [-0.2, -0.15) is 0 Å². The van der Waals surface area contributed by atoms with E-state index in [4.69, 9.17) is 26.1 Å². The lowest BCUT2D eigenvalue weighted by molar-refractivity contribution is 0.350. The van der Waals surface area contributed by atoms with Crippen molar-refractivity contribution in [2.75, 3.05) is 20.9 Å². The zero-order valence-corrected chi connectivity index (χ0v) is 16.6. The van der Waals surface area contributed by atoms with Crippen molar-refractivity contribution in [2.45, 2.75) is 6.04 Å². The number of ether oxygens (including phenoxy) is 2. The number of hydrogen-bond acceptors (Lipinski definition) is 4. The molecule has 1 aliphatic rings. The van der Waals surface area contributed by atoms with Crippen molar-refractivity contribution in [3.63, 3.8) is 0 Å². The molecule has 1 aliphatic heterocycles. The molecule has 0 aromatic heterocycles. The minimum absolute atomic E-state index is 0.00712. The molecule has 0 atom stereocenters. The van der Waals surface area contributed by atoms with Crippen molar-refractivity contribution >= 4 is 17.8 Å². The Morgan fingerprint density at radius 3 is 1.96 bits per heavy atom. The standard InChI is InChI=1S/C23H21ClN2O2/c1-27-19-10-6-16(7-11-19)23(17-8-12-20(28-2)13-9-17)26-14-18-4-3-5-21(24)22(18)25-15-26/h3-14,23H,15H2,1-2H3. The van der Waals surface area contributed by atoms with Gasteiger partial charge in [-0.25, -0.2) is 0 Å². The second kappa shape index (κ2) is 7.95. The molecule has 0 fully saturated rings. The van der Waals surface area contributed by atoms with Crippen LogP contribution in [0, 0.1) is 0 Å². The predicted molar refractivity (Wildman–Crippen MR) is 111 cm³/mol. The van der Waals surface area contributed by atoms with Crippen LogP contribution in [-0.4, -0.2) is 25.8 Å². The number of halogens is 1. The number of rotatable bonds is 5. The van der Waals surface area contributed by atoms with E-state index in [1.165, 1.54) is 0 Å². The number of para-hydroxylation sites is 1. The lowest BCUT2D eigenvalue weighted by Gasteiger charge is -2.32. The summed E-state index contributed by atoms with van der Waals surface area (Å²) < 4.78 is 10.6. The van der Waals surface area contributed by atoms with Crippen molar-refractivity contribution < 1.29 is 9.47 Å². The molecule has 0 saturated heterocycles. The van der Waals surface area contributed by atoms with E-state index >= 15 is 0 Å². The first kappa shape index (κ1) is 18.4. The number of hydrogen-bond donors (Lipinski definition) is 0. The molecule has 0 aliphatic carbocycles. The molecule has 0 N–H and O–H groups in total. The third-order valence-electron chi connectivity index (χ3n) is 4.91. The Morgan fingerprint density at radius 1 is 0.857 bits per heavy atom. The van der Waals surface area contributed by atoms with Gasteiger partial charge in [-0.1, -0.05) is 48.0 Å². The van der Waals surface area contributed by atoms with Crippen LogP contribution in [0.25, 0.3) is 6.20 Å². The van der Waals surface area contributed by atoms with Gasteiger partial charge < -0.3 is 14.4 Å². The quantitative estimate of drug-likeness (QED) is 0.662. The molecule has 0 unspecified atom stereocenters. The summed E-state index contributed by atoms with van der Waals surface area (Å²) in [6.45, 7) is 0.527. The van der Waals surface area contributed by atoms with Crippen molar-refractivity contribution in [1.82, 2.24) is 4.90 Å². The second-order valence-electron chi connectivity index (χ2n) is 6.57. The monoisotopic (exact) mass is 392 g/mol. The summed E-state index contributed by atoms with van der Waals surface area (Å²) in [4.78, 5) is 6.95. The van der Waals surface area contributed by atoms with E-state index in [0.717, 1.165) is 33.2 Å². The summed E-state index contributed by atoms with van der Waals surface area (Å²) in [5.41, 5.74) is 2.31. The van der Waals surface area contributed by atoms with Gasteiger partial charge in [0.15, 0.2) is 0 Å². The molecule has 1 heterocycles. The zero-order chi connectivity index (χ0) is 19.5. The third kappa shape index (κ3) is 3.56. The molecule has 3 aromatic carbocycles. The predicted octanol–water partition coefficient (Wildman–Crippen LogP) is 3.78. The van der Waals surface area contributed by atoms with E-state index in [9.17, 15) is 0 Å². The van der Waals surface area contributed by atoms with Gasteiger partial charge in [-0.3, -0.25) is 4.99 Å². The first-order valence-corrected chi connectivity index (χ1v) is 9.42. The molecule has 4 nitrogen and oxygen atoms in total. The summed E-state index contributed by atoms with van der Waals surface area (Å²) in [5.74, 6) is 1.67. The number of fused-ring (bicyclic) bond motifs is 1. The van der Waals surface area contributed by atoms with Crippen molar-refractivity contribution in [1.29, 1.82) is 0 Å². The van der Waals surface area contributed by atoms with Gasteiger partial charge in [0.05, 0.1) is 30.6 Å². The average molecular weight is 393 g/mol. The lowest BCUT2D eigenvalue weighted by Crippen LogP contribution is -2.38. The molecule has 3 aromatic rings. The summed E-state index contributed by atoms with van der Waals surface area (Å²) in [6.07, 6.45) is 2.13. The van der Waals surface area contributed by atoms with Gasteiger partial charge in [0.2, 0.25) is 0 Å². The third-order valence-corrected chi connectivity index (χ3v) is 5.21. The zero-order valence-electron chi connectivity index (χ0n) is 15.8. The Hall–Kier alpha value is -2.98. The molecule has 0 amide bonds. The van der Waals surface area contributed by atoms with Crippen LogP contribution >= 0.6 is 11.6 Å². The number of methoxy groups -OCH3 is 2. The van der Waals surface area contributed by atoms with Gasteiger partial charge in [-0.05, 0) is 41.5 Å². The fraction of sp³-hybridized carbons (Fsp3) is 0.174. The SMILES string of the molecule is COc1ccc(C(c2ccc(OC)cc2)N2C=c3cccc(Cl)c3=NC2)cc1. The Kier molecular flexibility index (Phi) is 5.22. The molecular formula is C23H21ClN2O2. The van der Waals surface area contributed by atoms with Gasteiger partial charge >= 0.3 is 0 Å². The Morgan fingerprint density at radius 2 is 1.43 bits per heavy atom. The number of nitrogens with zero attached hydrogens (tertiary/aromatic N) is 2. The molecule has 142 valence electrons. The lowest BCUT2D eigenvalue weighted by atomic mass is 9.97. The maximum absolute atomic E-state index is 6.31. The number of benzene rings is 3. The van der Waals surface area contributed by atoms with Crippen molar-refractivity contribution in [3.05, 3.63) is 93.5 Å². The van der Waals surface area contributed by atoms with Crippen LogP contribution in [0.1, 0.15) is 17.2 Å². The van der Waals surface area contributed by atoms with Crippen LogP contribution in [0.4, 0.5) is 0 Å². The average Bonchev–Trinajstić information content (AvgIpc) is 2.75. The molecule has 0 radical (unpaired) electrons. The topological polar surface area (TPSA) is 34.1 Å². The fourth-order valence-corrected chi connectivity index (χ4v) is 3.72. The summed E-state index contributed by atoms with van der Waals surface area (Å²) in [7, 11) is 3.35. The van der Waals surface area contributed by atoms with Crippen LogP contribution in [0.5, 0.6) is 11.5 Å². The minimum Gasteiger partial charge on any atom is -0.497 e. The van der Waals surface area contributed by atoms with Crippen molar-refractivity contribution in [2.24, 2.45) is 4.99 Å². The molecule has 5 heteroatoms. The summed E-state index contributed by atoms with van der Waals surface area (Å²) in [5, 5.41) is 2.55. The van der Waals surface area contributed by atoms with Crippen LogP contribution in [0.2, 0.25) is 5.02 Å². The van der Waals surface area contributed by atoms with E-state index in [2.05, 4.69) is 35.4 Å². The molecule has 4 rings (SSSR count). The highest BCUT2D eigenvalue weighted by Gasteiger charge is 2.22. The van der Waals surface area contributed by atoms with Crippen molar-refractivity contribution in [3.8, 4) is 11.5 Å². The van der Waals surface area contributed by atoms with E-state index in [1.807, 2.05) is 42.5 Å². The first-order chi connectivity index (χ1) is 13.7. The normalized spacial score (nSPS) is 12.8. The van der Waals surface area contributed by atoms with Gasteiger partial charge in [0.25, 0.3) is 0 Å². The van der Waals surface area contributed by atoms with Crippen LogP contribution in [0.15, 0.2) is 71.7 Å². The highest BCUT2D eigenvalue weighted by molar-refractivity contribution is 6.30. The van der Waals surface area contributed by atoms with E-state index < -0.39 is 0 Å². The Bertz CT molecular complexity index is 1030. The van der Waals surface area contributed by atoms with Crippen LogP contribution in [0.3, 0.4) is 0 Å². The maximum atomic E-state index is 6.31. The first-order valence-electron chi connectivity index (χ1n) is 9.04. The fourth-order valence-electron chi connectivity index (χ4n) is 3.48. The van der Waals surface area contributed by atoms with Crippen LogP contribution < -0.4 is 20.0 Å². The van der Waals surface area contributed by atoms with E-state index in [1.54, 1.807) is 14.2 Å². The Balaban J connectivity index is 1.80. The largest absolute Gasteiger partial charge is 0.497 e. The molecule has 0 bridgehead atoms. The molecule has 28 heavy (non-hydrogen) atoms. The van der Waals surface area contributed by atoms with Gasteiger partial charge in [0.1, 0.15) is 18.2 Å². The molecular weight excluding hydrogens is 372 g/mol. The molecule has 0 saturated carbocycles. The highest BCUT2D eigenvalue weighted by atomic mass is 35.5. The highest BCUT2D eigenvalue weighted by Crippen LogP contribution is 2.31. The van der Waals surface area contributed by atoms with Gasteiger partial charge in [-0.15, -0.1) is 0 Å². The smallest absolute Gasteiger partial charge is 0.118 e. The van der Waals surface area contributed by atoms with E-state index in [0.29, 0.717) is 11.7 Å². The summed E-state index contributed by atoms with van der Waals surface area (Å²) in [6, 6.07) is 22.2.